The van der Waals surface area contributed by atoms with Crippen molar-refractivity contribution in [2.75, 3.05) is 6.54 Å². The van der Waals surface area contributed by atoms with E-state index in [9.17, 15) is 4.39 Å². The first-order chi connectivity index (χ1) is 8.58. The summed E-state index contributed by atoms with van der Waals surface area (Å²) in [6.07, 6.45) is 2.13. The van der Waals surface area contributed by atoms with Gasteiger partial charge in [-0.2, -0.15) is 0 Å². The highest BCUT2D eigenvalue weighted by Gasteiger charge is 2.15. The molecule has 0 aromatic heterocycles. The van der Waals surface area contributed by atoms with Gasteiger partial charge in [0.1, 0.15) is 5.82 Å². The molecule has 1 rings (SSSR count). The van der Waals surface area contributed by atoms with Crippen LogP contribution in [0.4, 0.5) is 4.39 Å². The van der Waals surface area contributed by atoms with Crippen LogP contribution in [-0.2, 0) is 6.54 Å². The Bertz CT molecular complexity index is 367. The zero-order valence-corrected chi connectivity index (χ0v) is 12.4. The lowest BCUT2D eigenvalue weighted by Gasteiger charge is -2.19. The monoisotopic (exact) mass is 291 g/mol. The second-order valence-corrected chi connectivity index (χ2v) is 5.46. The zero-order chi connectivity index (χ0) is 13.5. The Morgan fingerprint density at radius 3 is 2.56 bits per heavy atom. The molecule has 0 spiro atoms. The average molecular weight is 292 g/mol. The maximum atomic E-state index is 13.5. The summed E-state index contributed by atoms with van der Waals surface area (Å²) in [6, 6.07) is 4.58. The summed E-state index contributed by atoms with van der Waals surface area (Å²) in [4.78, 5) is 0. The minimum Gasteiger partial charge on any atom is -0.311 e. The van der Waals surface area contributed by atoms with E-state index in [2.05, 4.69) is 19.2 Å². The molecule has 0 bridgehead atoms. The summed E-state index contributed by atoms with van der Waals surface area (Å²) in [6.45, 7) is 5.41. The van der Waals surface area contributed by atoms with Gasteiger partial charge >= 0.3 is 0 Å². The average Bonchev–Trinajstić information content (AvgIpc) is 2.35. The first-order valence-electron chi connectivity index (χ1n) is 6.37. The fraction of sp³-hybridized carbons (Fsp3) is 0.571. The molecule has 0 amide bonds. The van der Waals surface area contributed by atoms with Crippen LogP contribution in [0.1, 0.15) is 32.3 Å². The topological polar surface area (TPSA) is 12.0 Å². The molecule has 1 unspecified atom stereocenters. The van der Waals surface area contributed by atoms with Crippen LogP contribution in [0.2, 0.25) is 5.02 Å². The van der Waals surface area contributed by atoms with E-state index < -0.39 is 0 Å². The first kappa shape index (κ1) is 15.7. The van der Waals surface area contributed by atoms with Gasteiger partial charge in [-0.1, -0.05) is 38.3 Å². The number of alkyl halides is 1. The Kier molecular flexibility index (Phi) is 6.98. The van der Waals surface area contributed by atoms with Gasteiger partial charge in [0.05, 0.1) is 0 Å². The Hall–Kier alpha value is -0.310. The second kappa shape index (κ2) is 7.98. The predicted octanol–water partition coefficient (Wildman–Crippen LogP) is 4.61. The highest BCUT2D eigenvalue weighted by molar-refractivity contribution is 6.30. The van der Waals surface area contributed by atoms with Crippen molar-refractivity contribution >= 4 is 23.2 Å². The largest absolute Gasteiger partial charge is 0.311 e. The van der Waals surface area contributed by atoms with Crippen LogP contribution in [0, 0.1) is 11.7 Å². The fourth-order valence-electron chi connectivity index (χ4n) is 1.99. The normalized spacial score (nSPS) is 13.0. The van der Waals surface area contributed by atoms with Gasteiger partial charge < -0.3 is 5.32 Å². The Labute approximate surface area is 119 Å². The third-order valence-corrected chi connectivity index (χ3v) is 3.97. The van der Waals surface area contributed by atoms with Crippen molar-refractivity contribution in [2.45, 2.75) is 38.6 Å². The first-order valence-corrected chi connectivity index (χ1v) is 7.18. The van der Waals surface area contributed by atoms with Crippen molar-refractivity contribution in [1.29, 1.82) is 0 Å². The van der Waals surface area contributed by atoms with E-state index >= 15 is 0 Å². The lowest BCUT2D eigenvalue weighted by atomic mass is 9.99. The molecule has 0 saturated carbocycles. The van der Waals surface area contributed by atoms with Crippen LogP contribution in [0.15, 0.2) is 18.2 Å². The van der Waals surface area contributed by atoms with Crippen LogP contribution in [0.5, 0.6) is 0 Å². The van der Waals surface area contributed by atoms with Gasteiger partial charge in [0.2, 0.25) is 0 Å². The van der Waals surface area contributed by atoms with Gasteiger partial charge in [0, 0.05) is 29.1 Å². The number of halogens is 3. The van der Waals surface area contributed by atoms with Gasteiger partial charge in [0.15, 0.2) is 0 Å². The quantitative estimate of drug-likeness (QED) is 0.723. The number of hydrogen-bond donors (Lipinski definition) is 1. The van der Waals surface area contributed by atoms with Crippen LogP contribution in [-0.4, -0.2) is 11.9 Å². The molecule has 0 heterocycles. The van der Waals surface area contributed by atoms with E-state index in [1.165, 1.54) is 6.07 Å². The molecule has 1 atom stereocenters. The van der Waals surface area contributed by atoms with Crippen molar-refractivity contribution in [3.8, 4) is 0 Å². The van der Waals surface area contributed by atoms with Gasteiger partial charge in [-0.15, -0.1) is 11.6 Å². The smallest absolute Gasteiger partial charge is 0.127 e. The molecule has 18 heavy (non-hydrogen) atoms. The van der Waals surface area contributed by atoms with Gasteiger partial charge in [-0.05, 0) is 24.1 Å². The maximum absolute atomic E-state index is 13.5. The van der Waals surface area contributed by atoms with Crippen LogP contribution >= 0.6 is 23.2 Å². The van der Waals surface area contributed by atoms with E-state index in [4.69, 9.17) is 23.2 Å². The lowest BCUT2D eigenvalue weighted by molar-refractivity contribution is 0.444. The molecule has 0 aliphatic carbocycles. The van der Waals surface area contributed by atoms with Crippen molar-refractivity contribution in [2.24, 2.45) is 5.92 Å². The third kappa shape index (κ3) is 4.75. The van der Waals surface area contributed by atoms with Crippen molar-refractivity contribution < 1.29 is 4.39 Å². The van der Waals surface area contributed by atoms with E-state index in [0.29, 0.717) is 29.6 Å². The minimum absolute atomic E-state index is 0.0854. The fourth-order valence-corrected chi connectivity index (χ4v) is 2.65. The Morgan fingerprint density at radius 1 is 1.28 bits per heavy atom. The van der Waals surface area contributed by atoms with Crippen LogP contribution in [0.3, 0.4) is 0 Å². The molecule has 1 N–H and O–H groups in total. The SMILES string of the molecule is CCC(CC)C(Cl)CNCc1cc(Cl)ccc1F. The highest BCUT2D eigenvalue weighted by Crippen LogP contribution is 2.18. The van der Waals surface area contributed by atoms with Gasteiger partial charge in [-0.25, -0.2) is 4.39 Å². The lowest BCUT2D eigenvalue weighted by Crippen LogP contribution is -2.28. The van der Waals surface area contributed by atoms with Crippen LogP contribution < -0.4 is 5.32 Å². The predicted molar refractivity (Wildman–Crippen MR) is 76.8 cm³/mol. The molecule has 0 saturated heterocycles. The molecule has 0 fully saturated rings. The molecule has 0 radical (unpaired) electrons. The maximum Gasteiger partial charge on any atom is 0.127 e. The number of benzene rings is 1. The molecule has 4 heteroatoms. The summed E-state index contributed by atoms with van der Waals surface area (Å²) in [7, 11) is 0. The summed E-state index contributed by atoms with van der Waals surface area (Å²) in [5.74, 6) is 0.268. The summed E-state index contributed by atoms with van der Waals surface area (Å²) in [5, 5.41) is 3.82. The highest BCUT2D eigenvalue weighted by atomic mass is 35.5. The van der Waals surface area contributed by atoms with E-state index in [1.807, 2.05) is 0 Å². The molecule has 0 aliphatic heterocycles. The molecule has 1 aromatic rings. The van der Waals surface area contributed by atoms with E-state index in [0.717, 1.165) is 12.8 Å². The van der Waals surface area contributed by atoms with Crippen LogP contribution in [0.25, 0.3) is 0 Å². The second-order valence-electron chi connectivity index (χ2n) is 4.46. The molecule has 102 valence electrons. The third-order valence-electron chi connectivity index (χ3n) is 3.22. The Balaban J connectivity index is 2.44. The summed E-state index contributed by atoms with van der Waals surface area (Å²) in [5.41, 5.74) is 0.580. The standard InChI is InChI=1S/C14H20Cl2FN/c1-3-10(4-2)13(16)9-18-8-11-7-12(15)5-6-14(11)17/h5-7,10,13,18H,3-4,8-9H2,1-2H3. The van der Waals surface area contributed by atoms with Crippen molar-refractivity contribution in [3.63, 3.8) is 0 Å². The summed E-state index contributed by atoms with van der Waals surface area (Å²) < 4.78 is 13.5. The molecule has 1 aromatic carbocycles. The molecule has 0 aliphatic rings. The van der Waals surface area contributed by atoms with E-state index in [-0.39, 0.29) is 11.2 Å². The molecular formula is C14H20Cl2FN. The number of hydrogen-bond acceptors (Lipinski definition) is 1. The van der Waals surface area contributed by atoms with Gasteiger partial charge in [0.25, 0.3) is 0 Å². The zero-order valence-electron chi connectivity index (χ0n) is 10.8. The Morgan fingerprint density at radius 2 is 1.94 bits per heavy atom. The molecular weight excluding hydrogens is 272 g/mol. The van der Waals surface area contributed by atoms with Crippen molar-refractivity contribution in [3.05, 3.63) is 34.6 Å². The van der Waals surface area contributed by atoms with Gasteiger partial charge in [-0.3, -0.25) is 0 Å². The minimum atomic E-state index is -0.236. The molecule has 1 nitrogen and oxygen atoms in total. The summed E-state index contributed by atoms with van der Waals surface area (Å²) >= 11 is 12.1. The number of nitrogens with one attached hydrogen (secondary N) is 1. The van der Waals surface area contributed by atoms with Crippen molar-refractivity contribution in [1.82, 2.24) is 5.32 Å². The number of rotatable bonds is 7. The van der Waals surface area contributed by atoms with E-state index in [1.54, 1.807) is 12.1 Å².